The van der Waals surface area contributed by atoms with Crippen molar-refractivity contribution in [3.05, 3.63) is 77.7 Å². The number of aromatic nitrogens is 3. The number of pyridine rings is 1. The maximum atomic E-state index is 17.1. The van der Waals surface area contributed by atoms with Crippen LogP contribution in [-0.4, -0.2) is 98.5 Å². The van der Waals surface area contributed by atoms with E-state index < -0.39 is 29.6 Å². The lowest BCUT2D eigenvalue weighted by atomic mass is 9.95. The van der Waals surface area contributed by atoms with E-state index in [0.717, 1.165) is 37.8 Å². The van der Waals surface area contributed by atoms with Crippen LogP contribution in [0.3, 0.4) is 0 Å². The number of carbonyl (C=O) groups excluding carboxylic acids is 2. The van der Waals surface area contributed by atoms with Gasteiger partial charge in [-0.25, -0.2) is 13.6 Å². The van der Waals surface area contributed by atoms with E-state index >= 15 is 4.39 Å². The summed E-state index contributed by atoms with van der Waals surface area (Å²) in [7, 11) is 0. The Morgan fingerprint density at radius 1 is 1.07 bits per heavy atom. The first-order valence-electron chi connectivity index (χ1n) is 19.2. The highest BCUT2D eigenvalue weighted by atomic mass is 19.1. The molecule has 4 aliphatic heterocycles. The zero-order chi connectivity index (χ0) is 39.4. The molecule has 0 saturated carbocycles. The Balaban J connectivity index is 1.04. The maximum Gasteiger partial charge on any atom is 0.410 e. The molecule has 292 valence electrons. The lowest BCUT2D eigenvalue weighted by molar-refractivity contribution is -0.131. The van der Waals surface area contributed by atoms with Gasteiger partial charge in [-0.15, -0.1) is 6.42 Å². The summed E-state index contributed by atoms with van der Waals surface area (Å²) in [6.07, 6.45) is 9.52. The number of alkyl halides is 1. The number of carbonyl (C=O) groups is 2. The molecule has 5 aromatic rings. The number of phenols is 1. The Bertz CT molecular complexity index is 2450. The second-order valence-electron chi connectivity index (χ2n) is 15.4. The fourth-order valence-corrected chi connectivity index (χ4v) is 9.30. The van der Waals surface area contributed by atoms with Crippen molar-refractivity contribution < 1.29 is 37.7 Å². The fourth-order valence-electron chi connectivity index (χ4n) is 9.30. The Kier molecular flexibility index (Phi) is 9.27. The molecule has 9 rings (SSSR count). The standard InChI is InChI=1S/C43H40F2N6O6/c1-3-27-6-4-7-28-16-32(53)17-34(36(27)28)38-37(45)39-35(19-46-38)40(48-41(47-39)56-24-43-14-5-15-50(43)20-29(44)18-43)49-21-30-10-11-31(22-49)51(30)42(54)55-23-26-8-12-33(13-9-26)57-25(2)52/h1,4,6-9,12-13,16-17,19,29-31,53H,5,10-11,14-15,18,20-24H2,2H3/t29-,30?,31?,43+/m1/s1. The number of amides is 1. The fraction of sp³-hybridized carbons (Fsp3) is 0.372. The second kappa shape index (κ2) is 14.5. The van der Waals surface area contributed by atoms with E-state index in [1.54, 1.807) is 53.4 Å². The average Bonchev–Trinajstić information content (AvgIpc) is 3.82. The number of phenolic OH excluding ortho intramolecular Hbond substituents is 1. The zero-order valence-electron chi connectivity index (χ0n) is 31.3. The summed E-state index contributed by atoms with van der Waals surface area (Å²) in [6.45, 7) is 3.44. The van der Waals surface area contributed by atoms with E-state index in [9.17, 15) is 19.1 Å². The minimum absolute atomic E-state index is 0.0286. The van der Waals surface area contributed by atoms with Crippen LogP contribution in [0.5, 0.6) is 17.5 Å². The van der Waals surface area contributed by atoms with E-state index in [1.165, 1.54) is 19.2 Å². The summed E-state index contributed by atoms with van der Waals surface area (Å²) in [5.74, 6) is 2.24. The highest BCUT2D eigenvalue weighted by Crippen LogP contribution is 2.42. The molecule has 6 heterocycles. The number of terminal acetylenes is 1. The predicted octanol–water partition coefficient (Wildman–Crippen LogP) is 6.54. The summed E-state index contributed by atoms with van der Waals surface area (Å²) < 4.78 is 48.9. The molecule has 1 N–H and O–H groups in total. The Labute approximate surface area is 327 Å². The van der Waals surface area contributed by atoms with Crippen LogP contribution in [0.15, 0.2) is 60.8 Å². The van der Waals surface area contributed by atoms with Crippen LogP contribution in [0, 0.1) is 18.2 Å². The smallest absolute Gasteiger partial charge is 0.410 e. The van der Waals surface area contributed by atoms with E-state index in [-0.39, 0.29) is 48.3 Å². The van der Waals surface area contributed by atoms with Crippen LogP contribution in [0.1, 0.15) is 50.2 Å². The number of anilines is 1. The first kappa shape index (κ1) is 36.6. The molecule has 0 aliphatic carbocycles. The van der Waals surface area contributed by atoms with Gasteiger partial charge < -0.3 is 24.2 Å². The van der Waals surface area contributed by atoms with Crippen molar-refractivity contribution in [3.8, 4) is 41.1 Å². The van der Waals surface area contributed by atoms with Crippen LogP contribution in [0.4, 0.5) is 19.4 Å². The van der Waals surface area contributed by atoms with Crippen molar-refractivity contribution in [1.29, 1.82) is 0 Å². The molecule has 0 spiro atoms. The number of rotatable bonds is 8. The summed E-state index contributed by atoms with van der Waals surface area (Å²) in [5, 5.41) is 12.2. The third-order valence-electron chi connectivity index (χ3n) is 11.8. The van der Waals surface area contributed by atoms with Crippen molar-refractivity contribution >= 4 is 39.6 Å². The molecular formula is C43H40F2N6O6. The topological polar surface area (TPSA) is 130 Å². The largest absolute Gasteiger partial charge is 0.508 e. The van der Waals surface area contributed by atoms with Crippen LogP contribution in [-0.2, 0) is 16.1 Å². The molecule has 57 heavy (non-hydrogen) atoms. The number of hydrogen-bond donors (Lipinski definition) is 1. The van der Waals surface area contributed by atoms with Crippen LogP contribution in [0.2, 0.25) is 0 Å². The van der Waals surface area contributed by atoms with Crippen molar-refractivity contribution in [2.45, 2.75) is 69.4 Å². The third kappa shape index (κ3) is 6.69. The summed E-state index contributed by atoms with van der Waals surface area (Å²) in [6, 6.07) is 14.6. The minimum atomic E-state index is -0.954. The van der Waals surface area contributed by atoms with Crippen molar-refractivity contribution in [2.75, 3.05) is 37.7 Å². The Morgan fingerprint density at radius 3 is 2.61 bits per heavy atom. The molecule has 4 aliphatic rings. The monoisotopic (exact) mass is 774 g/mol. The third-order valence-corrected chi connectivity index (χ3v) is 11.8. The molecule has 0 radical (unpaired) electrons. The lowest BCUT2D eigenvalue weighted by Crippen LogP contribution is -2.56. The number of piperazine rings is 1. The first-order chi connectivity index (χ1) is 27.6. The van der Waals surface area contributed by atoms with Gasteiger partial charge in [-0.1, -0.05) is 30.2 Å². The molecule has 1 amide bonds. The van der Waals surface area contributed by atoms with Crippen molar-refractivity contribution in [1.82, 2.24) is 24.8 Å². The van der Waals surface area contributed by atoms with Crippen molar-refractivity contribution in [2.24, 2.45) is 0 Å². The Hall–Kier alpha value is -6.07. The lowest BCUT2D eigenvalue weighted by Gasteiger charge is -2.41. The summed E-state index contributed by atoms with van der Waals surface area (Å²) in [4.78, 5) is 44.8. The molecule has 4 atom stereocenters. The van der Waals surface area contributed by atoms with Gasteiger partial charge in [0.25, 0.3) is 0 Å². The van der Waals surface area contributed by atoms with Crippen molar-refractivity contribution in [3.63, 3.8) is 0 Å². The number of ether oxygens (including phenoxy) is 3. The maximum absolute atomic E-state index is 17.1. The van der Waals surface area contributed by atoms with Crippen LogP contribution >= 0.6 is 0 Å². The van der Waals surface area contributed by atoms with E-state index in [1.807, 2.05) is 4.90 Å². The summed E-state index contributed by atoms with van der Waals surface area (Å²) in [5.41, 5.74) is 1.01. The number of nitrogens with zero attached hydrogens (tertiary/aromatic N) is 6. The molecule has 4 saturated heterocycles. The Morgan fingerprint density at radius 2 is 1.86 bits per heavy atom. The van der Waals surface area contributed by atoms with Gasteiger partial charge in [0.2, 0.25) is 0 Å². The average molecular weight is 775 g/mol. The predicted molar refractivity (Wildman–Crippen MR) is 207 cm³/mol. The van der Waals surface area contributed by atoms with Crippen LogP contribution < -0.4 is 14.4 Å². The van der Waals surface area contributed by atoms with Gasteiger partial charge in [-0.05, 0) is 73.5 Å². The second-order valence-corrected chi connectivity index (χ2v) is 15.4. The highest BCUT2D eigenvalue weighted by Gasteiger charge is 2.50. The van der Waals surface area contributed by atoms with E-state index in [0.29, 0.717) is 64.9 Å². The molecule has 2 bridgehead atoms. The molecule has 4 fully saturated rings. The number of aromatic hydroxyl groups is 1. The molecule has 12 nitrogen and oxygen atoms in total. The SMILES string of the molecule is C#Cc1cccc2cc(O)cc(-c3ncc4c(N5CC6CCC(C5)N6C(=O)OCc5ccc(OC(C)=O)cc5)nc(OC[C@@]56CCCN5C[C@H](F)C6)nc4c3F)c12. The highest BCUT2D eigenvalue weighted by molar-refractivity contribution is 6.03. The van der Waals surface area contributed by atoms with Gasteiger partial charge >= 0.3 is 18.1 Å². The zero-order valence-corrected chi connectivity index (χ0v) is 31.3. The van der Waals surface area contributed by atoms with Gasteiger partial charge in [-0.2, -0.15) is 9.97 Å². The molecule has 14 heteroatoms. The van der Waals surface area contributed by atoms with Gasteiger partial charge in [0.1, 0.15) is 47.9 Å². The number of esters is 1. The first-order valence-corrected chi connectivity index (χ1v) is 19.2. The molecule has 2 aromatic heterocycles. The number of hydrogen-bond acceptors (Lipinski definition) is 11. The van der Waals surface area contributed by atoms with E-state index in [4.69, 9.17) is 25.6 Å². The van der Waals surface area contributed by atoms with Gasteiger partial charge in [-0.3, -0.25) is 19.6 Å². The minimum Gasteiger partial charge on any atom is -0.508 e. The van der Waals surface area contributed by atoms with Gasteiger partial charge in [0, 0.05) is 55.7 Å². The number of benzene rings is 3. The van der Waals surface area contributed by atoms with Gasteiger partial charge in [0.05, 0.1) is 23.0 Å². The quantitative estimate of drug-likeness (QED) is 0.105. The molecule has 2 unspecified atom stereocenters. The van der Waals surface area contributed by atoms with E-state index in [2.05, 4.69) is 20.8 Å². The number of fused-ring (bicyclic) bond motifs is 5. The van der Waals surface area contributed by atoms with Gasteiger partial charge in [0.15, 0.2) is 5.82 Å². The number of halogens is 2. The van der Waals surface area contributed by atoms with Crippen LogP contribution in [0.25, 0.3) is 32.9 Å². The normalized spacial score (nSPS) is 22.8. The molecular weight excluding hydrogens is 735 g/mol. The summed E-state index contributed by atoms with van der Waals surface area (Å²) >= 11 is 0. The molecule has 3 aromatic carbocycles.